The molecular weight excluding hydrogens is 304 g/mol. The minimum Gasteiger partial charge on any atom is -0.497 e. The van der Waals surface area contributed by atoms with E-state index >= 15 is 0 Å². The number of hydrogen-bond acceptors (Lipinski definition) is 3. The van der Waals surface area contributed by atoms with E-state index in [1.165, 1.54) is 6.08 Å². The summed E-state index contributed by atoms with van der Waals surface area (Å²) in [7, 11) is 1.59. The summed E-state index contributed by atoms with van der Waals surface area (Å²) in [6.45, 7) is 3.81. The molecule has 0 spiro atoms. The van der Waals surface area contributed by atoms with Crippen molar-refractivity contribution in [2.45, 2.75) is 13.8 Å². The summed E-state index contributed by atoms with van der Waals surface area (Å²) in [6, 6.07) is 12.8. The first kappa shape index (κ1) is 17.3. The number of aryl methyl sites for hydroxylation is 2. The van der Waals surface area contributed by atoms with Crippen molar-refractivity contribution in [1.82, 2.24) is 10.9 Å². The molecule has 0 aliphatic heterocycles. The number of hydrazine groups is 1. The predicted molar refractivity (Wildman–Crippen MR) is 93.6 cm³/mol. The van der Waals surface area contributed by atoms with Crippen molar-refractivity contribution >= 4 is 17.9 Å². The third kappa shape index (κ3) is 4.71. The fraction of sp³-hybridized carbons (Fsp3) is 0.158. The molecule has 0 saturated carbocycles. The number of carbonyl (C=O) groups is 2. The number of ether oxygens (including phenoxy) is 1. The maximum atomic E-state index is 12.1. The fourth-order valence-electron chi connectivity index (χ4n) is 2.18. The van der Waals surface area contributed by atoms with Gasteiger partial charge < -0.3 is 4.74 Å². The van der Waals surface area contributed by atoms with Gasteiger partial charge in [-0.25, -0.2) is 0 Å². The highest BCUT2D eigenvalue weighted by molar-refractivity contribution is 5.98. The Morgan fingerprint density at radius 2 is 1.71 bits per heavy atom. The lowest BCUT2D eigenvalue weighted by atomic mass is 10.1. The second-order valence-electron chi connectivity index (χ2n) is 5.37. The molecule has 2 amide bonds. The first-order valence-corrected chi connectivity index (χ1v) is 7.49. The third-order valence-corrected chi connectivity index (χ3v) is 3.47. The number of hydrogen-bond donors (Lipinski definition) is 2. The number of rotatable bonds is 4. The van der Waals surface area contributed by atoms with Crippen LogP contribution >= 0.6 is 0 Å². The molecule has 0 saturated heterocycles. The molecule has 2 aromatic carbocycles. The smallest absolute Gasteiger partial charge is 0.269 e. The van der Waals surface area contributed by atoms with Crippen molar-refractivity contribution in [3.05, 3.63) is 70.8 Å². The van der Waals surface area contributed by atoms with Crippen LogP contribution in [0.3, 0.4) is 0 Å². The van der Waals surface area contributed by atoms with Crippen LogP contribution in [-0.4, -0.2) is 18.9 Å². The second kappa shape index (κ2) is 7.97. The zero-order chi connectivity index (χ0) is 17.5. The zero-order valence-electron chi connectivity index (χ0n) is 13.9. The van der Waals surface area contributed by atoms with Crippen LogP contribution in [0.5, 0.6) is 5.75 Å². The molecule has 5 nitrogen and oxygen atoms in total. The van der Waals surface area contributed by atoms with Crippen LogP contribution in [0.15, 0.2) is 48.5 Å². The van der Waals surface area contributed by atoms with Crippen molar-refractivity contribution in [3.63, 3.8) is 0 Å². The van der Waals surface area contributed by atoms with Crippen molar-refractivity contribution in [2.24, 2.45) is 0 Å². The van der Waals surface area contributed by atoms with Gasteiger partial charge in [0.15, 0.2) is 0 Å². The summed E-state index contributed by atoms with van der Waals surface area (Å²) in [6.07, 6.45) is 3.00. The second-order valence-corrected chi connectivity index (χ2v) is 5.37. The zero-order valence-corrected chi connectivity index (χ0v) is 13.9. The molecule has 2 aromatic rings. The van der Waals surface area contributed by atoms with Gasteiger partial charge in [0.05, 0.1) is 7.11 Å². The Labute approximate surface area is 141 Å². The summed E-state index contributed by atoms with van der Waals surface area (Å²) >= 11 is 0. The molecule has 0 radical (unpaired) electrons. The monoisotopic (exact) mass is 324 g/mol. The van der Waals surface area contributed by atoms with Crippen molar-refractivity contribution in [1.29, 1.82) is 0 Å². The van der Waals surface area contributed by atoms with Gasteiger partial charge in [-0.2, -0.15) is 0 Å². The molecule has 124 valence electrons. The van der Waals surface area contributed by atoms with E-state index in [4.69, 9.17) is 4.74 Å². The fourth-order valence-corrected chi connectivity index (χ4v) is 2.18. The van der Waals surface area contributed by atoms with Crippen LogP contribution in [-0.2, 0) is 4.79 Å². The molecule has 2 rings (SSSR count). The van der Waals surface area contributed by atoms with E-state index in [2.05, 4.69) is 10.9 Å². The van der Waals surface area contributed by atoms with E-state index in [0.717, 1.165) is 22.4 Å². The molecule has 0 aromatic heterocycles. The molecule has 0 bridgehead atoms. The number of carbonyl (C=O) groups excluding carboxylic acids is 2. The van der Waals surface area contributed by atoms with E-state index in [-0.39, 0.29) is 5.91 Å². The summed E-state index contributed by atoms with van der Waals surface area (Å²) in [4.78, 5) is 23.8. The highest BCUT2D eigenvalue weighted by Crippen LogP contribution is 2.12. The Kier molecular flexibility index (Phi) is 5.73. The molecule has 2 N–H and O–H groups in total. The molecule has 0 aliphatic carbocycles. The molecule has 0 atom stereocenters. The summed E-state index contributed by atoms with van der Waals surface area (Å²) in [5, 5.41) is 0. The first-order chi connectivity index (χ1) is 11.5. The van der Waals surface area contributed by atoms with Gasteiger partial charge in [-0.05, 0) is 49.2 Å². The Hall–Kier alpha value is -3.08. The predicted octanol–water partition coefficient (Wildman–Crippen LogP) is 2.79. The van der Waals surface area contributed by atoms with Gasteiger partial charge in [-0.1, -0.05) is 29.8 Å². The number of methoxy groups -OCH3 is 1. The van der Waals surface area contributed by atoms with E-state index in [1.807, 2.05) is 38.1 Å². The van der Waals surface area contributed by atoms with Gasteiger partial charge in [0, 0.05) is 11.6 Å². The quantitative estimate of drug-likeness (QED) is 0.671. The standard InChI is InChI=1S/C19H20N2O3/c1-13-4-10-17(14(2)12-13)19(23)21-20-18(22)11-7-15-5-8-16(24-3)9-6-15/h4-12H,1-3H3,(H,20,22)(H,21,23)/b11-7+. The van der Waals surface area contributed by atoms with Crippen LogP contribution < -0.4 is 15.6 Å². The first-order valence-electron chi connectivity index (χ1n) is 7.49. The largest absolute Gasteiger partial charge is 0.497 e. The van der Waals surface area contributed by atoms with Crippen LogP contribution in [0.1, 0.15) is 27.0 Å². The van der Waals surface area contributed by atoms with Gasteiger partial charge >= 0.3 is 0 Å². The van der Waals surface area contributed by atoms with Crippen LogP contribution in [0, 0.1) is 13.8 Å². The summed E-state index contributed by atoms with van der Waals surface area (Å²) in [5.41, 5.74) is 8.09. The van der Waals surface area contributed by atoms with Crippen LogP contribution in [0.2, 0.25) is 0 Å². The topological polar surface area (TPSA) is 67.4 Å². The number of amides is 2. The van der Waals surface area contributed by atoms with E-state index in [0.29, 0.717) is 5.56 Å². The minimum absolute atomic E-state index is 0.348. The van der Waals surface area contributed by atoms with Gasteiger partial charge in [0.1, 0.15) is 5.75 Å². The normalized spacial score (nSPS) is 10.5. The van der Waals surface area contributed by atoms with Crippen LogP contribution in [0.25, 0.3) is 6.08 Å². The van der Waals surface area contributed by atoms with E-state index < -0.39 is 5.91 Å². The van der Waals surface area contributed by atoms with Gasteiger partial charge in [-0.15, -0.1) is 0 Å². The van der Waals surface area contributed by atoms with Crippen molar-refractivity contribution in [2.75, 3.05) is 7.11 Å². The van der Waals surface area contributed by atoms with E-state index in [9.17, 15) is 9.59 Å². The third-order valence-electron chi connectivity index (χ3n) is 3.47. The average molecular weight is 324 g/mol. The van der Waals surface area contributed by atoms with Crippen molar-refractivity contribution in [3.8, 4) is 5.75 Å². The average Bonchev–Trinajstić information content (AvgIpc) is 2.58. The van der Waals surface area contributed by atoms with E-state index in [1.54, 1.807) is 31.4 Å². The maximum Gasteiger partial charge on any atom is 0.269 e. The van der Waals surface area contributed by atoms with Crippen molar-refractivity contribution < 1.29 is 14.3 Å². The number of nitrogens with one attached hydrogen (secondary N) is 2. The molecular formula is C19H20N2O3. The van der Waals surface area contributed by atoms with Gasteiger partial charge in [-0.3, -0.25) is 20.4 Å². The Balaban J connectivity index is 1.90. The SMILES string of the molecule is COc1ccc(/C=C/C(=O)NNC(=O)c2ccc(C)cc2C)cc1. The molecule has 5 heteroatoms. The highest BCUT2D eigenvalue weighted by Gasteiger charge is 2.09. The lowest BCUT2D eigenvalue weighted by Crippen LogP contribution is -2.41. The lowest BCUT2D eigenvalue weighted by molar-refractivity contribution is -0.117. The molecule has 0 heterocycles. The van der Waals surface area contributed by atoms with Crippen LogP contribution in [0.4, 0.5) is 0 Å². The van der Waals surface area contributed by atoms with Gasteiger partial charge in [0.25, 0.3) is 11.8 Å². The van der Waals surface area contributed by atoms with Gasteiger partial charge in [0.2, 0.25) is 0 Å². The maximum absolute atomic E-state index is 12.1. The number of benzene rings is 2. The Morgan fingerprint density at radius 3 is 2.33 bits per heavy atom. The molecule has 0 unspecified atom stereocenters. The highest BCUT2D eigenvalue weighted by atomic mass is 16.5. The molecule has 24 heavy (non-hydrogen) atoms. The lowest BCUT2D eigenvalue weighted by Gasteiger charge is -2.08. The molecule has 0 fully saturated rings. The molecule has 0 aliphatic rings. The Morgan fingerprint density at radius 1 is 1.00 bits per heavy atom. The summed E-state index contributed by atoms with van der Waals surface area (Å²) in [5.74, 6) is -0.0139. The minimum atomic E-state index is -0.413. The summed E-state index contributed by atoms with van der Waals surface area (Å²) < 4.78 is 5.07. The Bertz CT molecular complexity index is 765.